The van der Waals surface area contributed by atoms with E-state index in [1.165, 1.54) is 0 Å². The number of aromatic nitrogens is 3. The first-order valence-electron chi connectivity index (χ1n) is 6.33. The van der Waals surface area contributed by atoms with Crippen LogP contribution in [-0.4, -0.2) is 21.1 Å². The van der Waals surface area contributed by atoms with Gasteiger partial charge in [-0.25, -0.2) is 4.98 Å². The quantitative estimate of drug-likeness (QED) is 0.668. The van der Waals surface area contributed by atoms with Crippen LogP contribution in [0.15, 0.2) is 41.1 Å². The van der Waals surface area contributed by atoms with Gasteiger partial charge in [0.05, 0.1) is 17.3 Å². The molecule has 0 unspecified atom stereocenters. The number of aromatic amines is 1. The van der Waals surface area contributed by atoms with E-state index >= 15 is 0 Å². The fraction of sp³-hybridized carbons (Fsp3) is 0. The molecule has 4 rings (SSSR count). The number of hydrogen-bond acceptors (Lipinski definition) is 3. The number of nitrogens with one attached hydrogen (secondary N) is 2. The average molecular weight is 341 g/mol. The normalized spacial score (nSPS) is 15.5. The Bertz CT molecular complexity index is 913. The zero-order valence-electron chi connectivity index (χ0n) is 10.7. The summed E-state index contributed by atoms with van der Waals surface area (Å²) in [5, 5.41) is 10.7. The molecule has 0 atom stereocenters. The zero-order chi connectivity index (χ0) is 14.4. The number of pyridine rings is 1. The van der Waals surface area contributed by atoms with Gasteiger partial charge in [-0.2, -0.15) is 5.10 Å². The maximum Gasteiger partial charge on any atom is 0.257 e. The molecule has 3 heterocycles. The van der Waals surface area contributed by atoms with E-state index < -0.39 is 0 Å². The lowest BCUT2D eigenvalue weighted by molar-refractivity contribution is -0.110. The van der Waals surface area contributed by atoms with Crippen molar-refractivity contribution in [2.24, 2.45) is 0 Å². The second-order valence-electron chi connectivity index (χ2n) is 4.78. The summed E-state index contributed by atoms with van der Waals surface area (Å²) in [4.78, 5) is 16.3. The first-order chi connectivity index (χ1) is 10.2. The first-order valence-corrected chi connectivity index (χ1v) is 7.12. The molecule has 0 fully saturated rings. The molecule has 21 heavy (non-hydrogen) atoms. The van der Waals surface area contributed by atoms with E-state index in [1.807, 2.05) is 30.3 Å². The van der Waals surface area contributed by atoms with Crippen molar-refractivity contribution in [2.75, 3.05) is 5.32 Å². The minimum absolute atomic E-state index is 0.139. The van der Waals surface area contributed by atoms with Crippen molar-refractivity contribution in [3.8, 4) is 0 Å². The van der Waals surface area contributed by atoms with Crippen LogP contribution < -0.4 is 5.32 Å². The third-order valence-corrected chi connectivity index (χ3v) is 3.83. The summed E-state index contributed by atoms with van der Waals surface area (Å²) in [5.74, 6) is 0.456. The van der Waals surface area contributed by atoms with Crippen LogP contribution >= 0.6 is 15.9 Å². The molecule has 1 amide bonds. The maximum atomic E-state index is 12.1. The summed E-state index contributed by atoms with van der Waals surface area (Å²) < 4.78 is 0.840. The topological polar surface area (TPSA) is 70.7 Å². The molecule has 102 valence electrons. The number of H-pyrrole nitrogens is 1. The molecule has 1 aliphatic heterocycles. The average Bonchev–Trinajstić information content (AvgIpc) is 3.04. The summed E-state index contributed by atoms with van der Waals surface area (Å²) in [7, 11) is 0. The van der Waals surface area contributed by atoms with Gasteiger partial charge < -0.3 is 5.32 Å². The van der Waals surface area contributed by atoms with Gasteiger partial charge in [0.2, 0.25) is 0 Å². The van der Waals surface area contributed by atoms with Gasteiger partial charge in [0.25, 0.3) is 5.91 Å². The third-order valence-electron chi connectivity index (χ3n) is 3.40. The molecule has 1 aliphatic rings. The van der Waals surface area contributed by atoms with E-state index in [9.17, 15) is 4.79 Å². The lowest BCUT2D eigenvalue weighted by Gasteiger charge is -1.99. The van der Waals surface area contributed by atoms with Crippen molar-refractivity contribution in [3.63, 3.8) is 0 Å². The molecule has 6 heteroatoms. The van der Waals surface area contributed by atoms with Crippen LogP contribution in [0.2, 0.25) is 0 Å². The number of hydrogen-bond donors (Lipinski definition) is 2. The van der Waals surface area contributed by atoms with E-state index in [0.29, 0.717) is 11.4 Å². The van der Waals surface area contributed by atoms with Gasteiger partial charge in [0.15, 0.2) is 0 Å². The predicted molar refractivity (Wildman–Crippen MR) is 84.5 cm³/mol. The van der Waals surface area contributed by atoms with Crippen LogP contribution in [0.25, 0.3) is 22.6 Å². The second kappa shape index (κ2) is 4.53. The van der Waals surface area contributed by atoms with E-state index in [0.717, 1.165) is 26.5 Å². The van der Waals surface area contributed by atoms with Crippen LogP contribution in [0, 0.1) is 0 Å². The summed E-state index contributed by atoms with van der Waals surface area (Å²) in [6, 6.07) is 7.78. The van der Waals surface area contributed by atoms with Crippen molar-refractivity contribution in [1.29, 1.82) is 0 Å². The maximum absolute atomic E-state index is 12.1. The summed E-state index contributed by atoms with van der Waals surface area (Å²) in [6.07, 6.45) is 5.29. The van der Waals surface area contributed by atoms with E-state index in [1.54, 1.807) is 12.4 Å². The minimum atomic E-state index is -0.139. The van der Waals surface area contributed by atoms with Crippen molar-refractivity contribution in [1.82, 2.24) is 15.2 Å². The van der Waals surface area contributed by atoms with Crippen molar-refractivity contribution in [3.05, 3.63) is 52.3 Å². The van der Waals surface area contributed by atoms with Crippen molar-refractivity contribution in [2.45, 2.75) is 0 Å². The Balaban J connectivity index is 1.85. The number of rotatable bonds is 1. The molecule has 0 radical (unpaired) electrons. The highest BCUT2D eigenvalue weighted by atomic mass is 79.9. The SMILES string of the molecule is O=C1Nc2ncc(Br)cc2/C1=C\c1ccc2cn[nH]c2c1. The number of anilines is 1. The number of amides is 1. The predicted octanol–water partition coefficient (Wildman–Crippen LogP) is 3.21. The van der Waals surface area contributed by atoms with Crippen LogP contribution in [0.3, 0.4) is 0 Å². The van der Waals surface area contributed by atoms with Gasteiger partial charge >= 0.3 is 0 Å². The third kappa shape index (κ3) is 2.04. The van der Waals surface area contributed by atoms with Gasteiger partial charge in [0.1, 0.15) is 5.82 Å². The molecular weight excluding hydrogens is 332 g/mol. The molecule has 0 aliphatic carbocycles. The molecule has 1 aromatic carbocycles. The standard InChI is InChI=1S/C15H9BrN4O/c16-10-5-11-12(15(21)19-14(11)17-7-10)3-8-1-2-9-6-18-20-13(9)4-8/h1-7H,(H,18,20)(H,17,19,21)/b12-3+. The molecule has 0 saturated heterocycles. The fourth-order valence-electron chi connectivity index (χ4n) is 2.40. The van der Waals surface area contributed by atoms with Gasteiger partial charge in [0, 0.05) is 21.6 Å². The molecule has 2 N–H and O–H groups in total. The summed E-state index contributed by atoms with van der Waals surface area (Å²) in [6.45, 7) is 0. The Morgan fingerprint density at radius 3 is 3.00 bits per heavy atom. The smallest absolute Gasteiger partial charge is 0.257 e. The van der Waals surface area contributed by atoms with Crippen molar-refractivity contribution < 1.29 is 4.79 Å². The number of halogens is 1. The second-order valence-corrected chi connectivity index (χ2v) is 5.69. The number of carbonyl (C=O) groups is 1. The highest BCUT2D eigenvalue weighted by Gasteiger charge is 2.25. The van der Waals surface area contributed by atoms with Crippen LogP contribution in [0.4, 0.5) is 5.82 Å². The Hall–Kier alpha value is -2.47. The largest absolute Gasteiger partial charge is 0.306 e. The molecule has 2 aromatic heterocycles. The van der Waals surface area contributed by atoms with Gasteiger partial charge in [-0.05, 0) is 39.7 Å². The molecule has 3 aromatic rings. The molecule has 5 nitrogen and oxygen atoms in total. The van der Waals surface area contributed by atoms with Crippen LogP contribution in [0.1, 0.15) is 11.1 Å². The van der Waals surface area contributed by atoms with Gasteiger partial charge in [-0.1, -0.05) is 12.1 Å². The summed E-state index contributed by atoms with van der Waals surface area (Å²) in [5.41, 5.74) is 3.29. The van der Waals surface area contributed by atoms with E-state index in [4.69, 9.17) is 0 Å². The molecular formula is C15H9BrN4O. The first kappa shape index (κ1) is 12.3. The van der Waals surface area contributed by atoms with Crippen molar-refractivity contribution >= 4 is 50.2 Å². The van der Waals surface area contributed by atoms with E-state index in [-0.39, 0.29) is 5.91 Å². The highest BCUT2D eigenvalue weighted by molar-refractivity contribution is 9.10. The zero-order valence-corrected chi connectivity index (χ0v) is 12.3. The minimum Gasteiger partial charge on any atom is -0.306 e. The molecule has 0 bridgehead atoms. The Kier molecular flexibility index (Phi) is 2.65. The van der Waals surface area contributed by atoms with Crippen LogP contribution in [0.5, 0.6) is 0 Å². The highest BCUT2D eigenvalue weighted by Crippen LogP contribution is 2.33. The number of fused-ring (bicyclic) bond motifs is 2. The number of benzene rings is 1. The Morgan fingerprint density at radius 1 is 1.19 bits per heavy atom. The number of nitrogens with zero attached hydrogens (tertiary/aromatic N) is 2. The van der Waals surface area contributed by atoms with Gasteiger partial charge in [-0.3, -0.25) is 9.89 Å². The monoisotopic (exact) mass is 340 g/mol. The summed E-state index contributed by atoms with van der Waals surface area (Å²) >= 11 is 3.38. The van der Waals surface area contributed by atoms with E-state index in [2.05, 4.69) is 36.4 Å². The number of carbonyl (C=O) groups excluding carboxylic acids is 1. The van der Waals surface area contributed by atoms with Crippen LogP contribution in [-0.2, 0) is 4.79 Å². The molecule has 0 saturated carbocycles. The lowest BCUT2D eigenvalue weighted by atomic mass is 10.0. The fourth-order valence-corrected chi connectivity index (χ4v) is 2.73. The Morgan fingerprint density at radius 2 is 2.10 bits per heavy atom. The lowest BCUT2D eigenvalue weighted by Crippen LogP contribution is -2.04. The Labute approximate surface area is 128 Å². The van der Waals surface area contributed by atoms with Gasteiger partial charge in [-0.15, -0.1) is 0 Å². The molecule has 0 spiro atoms.